The highest BCUT2D eigenvalue weighted by Gasteiger charge is 2.14. The largest absolute Gasteiger partial charge is 0.495 e. The minimum absolute atomic E-state index is 0.0399. The Balaban J connectivity index is 3.12. The Morgan fingerprint density at radius 1 is 1.53 bits per heavy atom. The lowest BCUT2D eigenvalue weighted by atomic mass is 10.1. The molecule has 1 aromatic carbocycles. The molecule has 0 N–H and O–H groups in total. The lowest BCUT2D eigenvalue weighted by molar-refractivity contribution is 0.0977. The first-order valence-corrected chi connectivity index (χ1v) is 5.04. The average molecular weight is 231 g/mol. The Bertz CT molecular complexity index is 377. The van der Waals surface area contributed by atoms with Crippen molar-refractivity contribution in [2.75, 3.05) is 7.11 Å². The van der Waals surface area contributed by atoms with Gasteiger partial charge in [0, 0.05) is 6.42 Å². The van der Waals surface area contributed by atoms with Crippen molar-refractivity contribution < 1.29 is 13.9 Å². The van der Waals surface area contributed by atoms with Gasteiger partial charge in [-0.05, 0) is 18.6 Å². The normalized spacial score (nSPS) is 10.1. The van der Waals surface area contributed by atoms with Crippen molar-refractivity contribution in [2.45, 2.75) is 19.8 Å². The topological polar surface area (TPSA) is 26.3 Å². The molecular weight excluding hydrogens is 219 g/mol. The summed E-state index contributed by atoms with van der Waals surface area (Å²) in [7, 11) is 1.42. The van der Waals surface area contributed by atoms with Gasteiger partial charge in [0.2, 0.25) is 0 Å². The molecule has 1 rings (SSSR count). The van der Waals surface area contributed by atoms with Crippen LogP contribution >= 0.6 is 11.6 Å². The number of ether oxygens (including phenoxy) is 1. The molecule has 0 aromatic heterocycles. The van der Waals surface area contributed by atoms with Crippen LogP contribution in [0, 0.1) is 5.82 Å². The molecule has 1 aromatic rings. The van der Waals surface area contributed by atoms with Crippen LogP contribution in [0.25, 0.3) is 0 Å². The Morgan fingerprint density at radius 2 is 2.20 bits per heavy atom. The van der Waals surface area contributed by atoms with E-state index >= 15 is 0 Å². The van der Waals surface area contributed by atoms with Gasteiger partial charge in [0.15, 0.2) is 5.78 Å². The van der Waals surface area contributed by atoms with E-state index in [0.717, 1.165) is 6.07 Å². The standard InChI is InChI=1S/C11H12ClFO2/c1-3-4-10(14)7-5-11(15-2)8(12)6-9(7)13/h5-6H,3-4H2,1-2H3. The minimum Gasteiger partial charge on any atom is -0.495 e. The summed E-state index contributed by atoms with van der Waals surface area (Å²) in [6, 6.07) is 2.44. The van der Waals surface area contributed by atoms with Crippen LogP contribution in [0.4, 0.5) is 4.39 Å². The Hall–Kier alpha value is -1.09. The highest BCUT2D eigenvalue weighted by molar-refractivity contribution is 6.32. The second-order valence-corrected chi connectivity index (χ2v) is 3.55. The molecule has 0 bridgehead atoms. The Morgan fingerprint density at radius 3 is 2.73 bits per heavy atom. The summed E-state index contributed by atoms with van der Waals surface area (Å²) in [6.45, 7) is 1.86. The molecule has 0 unspecified atom stereocenters. The summed E-state index contributed by atoms with van der Waals surface area (Å²) < 4.78 is 18.3. The first-order chi connectivity index (χ1) is 7.10. The Labute approximate surface area is 93.0 Å². The minimum atomic E-state index is -0.598. The van der Waals surface area contributed by atoms with E-state index in [0.29, 0.717) is 18.6 Å². The maximum atomic E-state index is 13.4. The van der Waals surface area contributed by atoms with E-state index in [-0.39, 0.29) is 16.4 Å². The van der Waals surface area contributed by atoms with Crippen molar-refractivity contribution in [3.63, 3.8) is 0 Å². The third-order valence-electron chi connectivity index (χ3n) is 2.02. The number of benzene rings is 1. The third kappa shape index (κ3) is 2.69. The molecule has 0 aliphatic rings. The van der Waals surface area contributed by atoms with Crippen LogP contribution in [-0.2, 0) is 0 Å². The monoisotopic (exact) mass is 230 g/mol. The van der Waals surface area contributed by atoms with E-state index in [4.69, 9.17) is 16.3 Å². The number of rotatable bonds is 4. The van der Waals surface area contributed by atoms with Gasteiger partial charge in [0.1, 0.15) is 11.6 Å². The van der Waals surface area contributed by atoms with Crippen molar-refractivity contribution in [1.29, 1.82) is 0 Å². The number of carbonyl (C=O) groups excluding carboxylic acids is 1. The fourth-order valence-electron chi connectivity index (χ4n) is 1.26. The lowest BCUT2D eigenvalue weighted by Crippen LogP contribution is -2.02. The molecule has 0 aliphatic heterocycles. The van der Waals surface area contributed by atoms with Crippen molar-refractivity contribution in [3.05, 3.63) is 28.5 Å². The lowest BCUT2D eigenvalue weighted by Gasteiger charge is -2.06. The first kappa shape index (κ1) is 12.0. The second kappa shape index (κ2) is 5.12. The maximum absolute atomic E-state index is 13.4. The van der Waals surface area contributed by atoms with Gasteiger partial charge in [-0.1, -0.05) is 18.5 Å². The summed E-state index contributed by atoms with van der Waals surface area (Å²) in [6.07, 6.45) is 1.00. The highest BCUT2D eigenvalue weighted by atomic mass is 35.5. The predicted molar refractivity (Wildman–Crippen MR) is 57.2 cm³/mol. The zero-order valence-corrected chi connectivity index (χ0v) is 9.40. The van der Waals surface area contributed by atoms with Crippen molar-refractivity contribution in [1.82, 2.24) is 0 Å². The molecule has 0 radical (unpaired) electrons. The molecule has 0 saturated carbocycles. The van der Waals surface area contributed by atoms with Crippen LogP contribution in [0.15, 0.2) is 12.1 Å². The summed E-state index contributed by atoms with van der Waals surface area (Å²) in [5.41, 5.74) is 0.0399. The van der Waals surface area contributed by atoms with E-state index < -0.39 is 5.82 Å². The average Bonchev–Trinajstić information content (AvgIpc) is 2.18. The molecule has 0 atom stereocenters. The van der Waals surface area contributed by atoms with Crippen LogP contribution in [0.5, 0.6) is 5.75 Å². The van der Waals surface area contributed by atoms with Gasteiger partial charge in [0.25, 0.3) is 0 Å². The van der Waals surface area contributed by atoms with Crippen LogP contribution in [0.1, 0.15) is 30.1 Å². The van der Waals surface area contributed by atoms with Crippen LogP contribution < -0.4 is 4.74 Å². The summed E-state index contributed by atoms with van der Waals surface area (Å²) >= 11 is 5.71. The molecule has 0 fully saturated rings. The van der Waals surface area contributed by atoms with Crippen LogP contribution in [0.2, 0.25) is 5.02 Å². The van der Waals surface area contributed by atoms with Gasteiger partial charge in [-0.2, -0.15) is 0 Å². The molecule has 0 amide bonds. The van der Waals surface area contributed by atoms with Crippen molar-refractivity contribution in [2.24, 2.45) is 0 Å². The number of hydrogen-bond acceptors (Lipinski definition) is 2. The van der Waals surface area contributed by atoms with Crippen molar-refractivity contribution in [3.8, 4) is 5.75 Å². The summed E-state index contributed by atoms with van der Waals surface area (Å²) in [5, 5.41) is 0.169. The molecule has 0 saturated heterocycles. The fourth-order valence-corrected chi connectivity index (χ4v) is 1.49. The van der Waals surface area contributed by atoms with E-state index in [9.17, 15) is 9.18 Å². The number of ketones is 1. The van der Waals surface area contributed by atoms with Gasteiger partial charge < -0.3 is 4.74 Å². The molecule has 0 heterocycles. The second-order valence-electron chi connectivity index (χ2n) is 3.14. The summed E-state index contributed by atoms with van der Waals surface area (Å²) in [4.78, 5) is 11.5. The predicted octanol–water partition coefficient (Wildman–Crippen LogP) is 3.47. The van der Waals surface area contributed by atoms with Crippen molar-refractivity contribution >= 4 is 17.4 Å². The molecular formula is C11H12ClFO2. The van der Waals surface area contributed by atoms with Gasteiger partial charge in [-0.25, -0.2) is 4.39 Å². The molecule has 0 spiro atoms. The summed E-state index contributed by atoms with van der Waals surface area (Å²) in [5.74, 6) is -0.512. The van der Waals surface area contributed by atoms with Gasteiger partial charge >= 0.3 is 0 Å². The van der Waals surface area contributed by atoms with Gasteiger partial charge in [-0.15, -0.1) is 0 Å². The third-order valence-corrected chi connectivity index (χ3v) is 2.31. The van der Waals surface area contributed by atoms with E-state index in [1.807, 2.05) is 6.92 Å². The molecule has 2 nitrogen and oxygen atoms in total. The van der Waals surface area contributed by atoms with Gasteiger partial charge in [-0.3, -0.25) is 4.79 Å². The number of hydrogen-bond donors (Lipinski definition) is 0. The Kier molecular flexibility index (Phi) is 4.09. The zero-order chi connectivity index (χ0) is 11.4. The van der Waals surface area contributed by atoms with Crippen LogP contribution in [0.3, 0.4) is 0 Å². The zero-order valence-electron chi connectivity index (χ0n) is 8.64. The maximum Gasteiger partial charge on any atom is 0.165 e. The molecule has 15 heavy (non-hydrogen) atoms. The first-order valence-electron chi connectivity index (χ1n) is 4.66. The number of methoxy groups -OCH3 is 1. The molecule has 0 aliphatic carbocycles. The fraction of sp³-hybridized carbons (Fsp3) is 0.364. The van der Waals surface area contributed by atoms with E-state index in [1.54, 1.807) is 0 Å². The highest BCUT2D eigenvalue weighted by Crippen LogP contribution is 2.28. The van der Waals surface area contributed by atoms with Gasteiger partial charge in [0.05, 0.1) is 17.7 Å². The SMILES string of the molecule is CCCC(=O)c1cc(OC)c(Cl)cc1F. The molecule has 4 heteroatoms. The van der Waals surface area contributed by atoms with E-state index in [1.165, 1.54) is 13.2 Å². The number of carbonyl (C=O) groups is 1. The molecule has 82 valence electrons. The van der Waals surface area contributed by atoms with Crippen LogP contribution in [-0.4, -0.2) is 12.9 Å². The number of Topliss-reactive ketones (excluding diaryl/α,β-unsaturated/α-hetero) is 1. The quantitative estimate of drug-likeness (QED) is 0.741. The van der Waals surface area contributed by atoms with E-state index in [2.05, 4.69) is 0 Å². The smallest absolute Gasteiger partial charge is 0.165 e. The number of halogens is 2.